The Morgan fingerprint density at radius 2 is 2.05 bits per heavy atom. The molecule has 4 heteroatoms. The SMILES string of the molecule is O=C(NC1CCCCC1)c1ccc2c(Cl)c[nH]c2c1. The summed E-state index contributed by atoms with van der Waals surface area (Å²) in [4.78, 5) is 15.3. The molecule has 0 unspecified atom stereocenters. The Morgan fingerprint density at radius 1 is 1.26 bits per heavy atom. The van der Waals surface area contributed by atoms with Crippen LogP contribution < -0.4 is 5.32 Å². The van der Waals surface area contributed by atoms with Crippen LogP contribution in [0.15, 0.2) is 24.4 Å². The van der Waals surface area contributed by atoms with Crippen molar-refractivity contribution < 1.29 is 4.79 Å². The molecule has 1 aliphatic rings. The molecule has 0 spiro atoms. The quantitative estimate of drug-likeness (QED) is 0.859. The lowest BCUT2D eigenvalue weighted by atomic mass is 9.95. The van der Waals surface area contributed by atoms with Gasteiger partial charge in [-0.05, 0) is 25.0 Å². The van der Waals surface area contributed by atoms with Crippen molar-refractivity contribution in [1.29, 1.82) is 0 Å². The molecule has 1 aromatic carbocycles. The van der Waals surface area contributed by atoms with Crippen LogP contribution in [-0.2, 0) is 0 Å². The normalized spacial score (nSPS) is 16.7. The lowest BCUT2D eigenvalue weighted by molar-refractivity contribution is 0.0928. The Bertz CT molecular complexity index is 599. The summed E-state index contributed by atoms with van der Waals surface area (Å²) in [5, 5.41) is 4.76. The first-order chi connectivity index (χ1) is 9.24. The molecule has 1 saturated carbocycles. The van der Waals surface area contributed by atoms with Crippen molar-refractivity contribution in [3.8, 4) is 0 Å². The number of fused-ring (bicyclic) bond motifs is 1. The molecule has 0 atom stereocenters. The summed E-state index contributed by atoms with van der Waals surface area (Å²) >= 11 is 6.03. The van der Waals surface area contributed by atoms with Crippen LogP contribution in [0, 0.1) is 0 Å². The third-order valence-corrected chi connectivity index (χ3v) is 4.15. The topological polar surface area (TPSA) is 44.9 Å². The van der Waals surface area contributed by atoms with E-state index in [1.54, 1.807) is 6.20 Å². The Hall–Kier alpha value is -1.48. The van der Waals surface area contributed by atoms with E-state index in [1.165, 1.54) is 19.3 Å². The molecule has 3 nitrogen and oxygen atoms in total. The molecular weight excluding hydrogens is 260 g/mol. The van der Waals surface area contributed by atoms with Crippen molar-refractivity contribution in [2.45, 2.75) is 38.1 Å². The Kier molecular flexibility index (Phi) is 3.47. The summed E-state index contributed by atoms with van der Waals surface area (Å²) in [7, 11) is 0. The highest BCUT2D eigenvalue weighted by atomic mass is 35.5. The van der Waals surface area contributed by atoms with Crippen LogP contribution in [0.5, 0.6) is 0 Å². The van der Waals surface area contributed by atoms with Crippen LogP contribution >= 0.6 is 11.6 Å². The summed E-state index contributed by atoms with van der Waals surface area (Å²) in [6.07, 6.45) is 7.67. The van der Waals surface area contributed by atoms with E-state index in [0.29, 0.717) is 16.6 Å². The highest BCUT2D eigenvalue weighted by Gasteiger charge is 2.17. The van der Waals surface area contributed by atoms with Gasteiger partial charge in [-0.2, -0.15) is 0 Å². The molecule has 19 heavy (non-hydrogen) atoms. The summed E-state index contributed by atoms with van der Waals surface area (Å²) in [5.41, 5.74) is 1.60. The van der Waals surface area contributed by atoms with Crippen molar-refractivity contribution in [1.82, 2.24) is 10.3 Å². The van der Waals surface area contributed by atoms with E-state index >= 15 is 0 Å². The van der Waals surface area contributed by atoms with Crippen LogP contribution in [0.4, 0.5) is 0 Å². The predicted octanol–water partition coefficient (Wildman–Crippen LogP) is 3.88. The van der Waals surface area contributed by atoms with E-state index < -0.39 is 0 Å². The second kappa shape index (κ2) is 5.25. The minimum absolute atomic E-state index is 0.0134. The lowest BCUT2D eigenvalue weighted by Gasteiger charge is -2.22. The van der Waals surface area contributed by atoms with E-state index in [4.69, 9.17) is 11.6 Å². The van der Waals surface area contributed by atoms with Crippen LogP contribution in [0.1, 0.15) is 42.5 Å². The van der Waals surface area contributed by atoms with Gasteiger partial charge in [0.15, 0.2) is 0 Å². The molecule has 1 aromatic heterocycles. The second-order valence-corrected chi connectivity index (χ2v) is 5.61. The number of nitrogens with one attached hydrogen (secondary N) is 2. The largest absolute Gasteiger partial charge is 0.360 e. The molecule has 1 aliphatic carbocycles. The standard InChI is InChI=1S/C15H17ClN2O/c16-13-9-17-14-8-10(6-7-12(13)14)15(19)18-11-4-2-1-3-5-11/h6-9,11,17H,1-5H2,(H,18,19). The zero-order valence-corrected chi connectivity index (χ0v) is 11.5. The molecule has 100 valence electrons. The van der Waals surface area contributed by atoms with Gasteiger partial charge in [0.1, 0.15) is 0 Å². The third-order valence-electron chi connectivity index (χ3n) is 3.83. The van der Waals surface area contributed by atoms with Crippen LogP contribution in [0.2, 0.25) is 5.02 Å². The maximum absolute atomic E-state index is 12.2. The van der Waals surface area contributed by atoms with Gasteiger partial charge in [-0.1, -0.05) is 36.9 Å². The number of benzene rings is 1. The number of rotatable bonds is 2. The molecular formula is C15H17ClN2O. The number of halogens is 1. The fourth-order valence-electron chi connectivity index (χ4n) is 2.75. The zero-order valence-electron chi connectivity index (χ0n) is 10.7. The number of carbonyl (C=O) groups excluding carboxylic acids is 1. The Balaban J connectivity index is 1.77. The van der Waals surface area contributed by atoms with E-state index in [-0.39, 0.29) is 5.91 Å². The molecule has 0 bridgehead atoms. The monoisotopic (exact) mass is 276 g/mol. The average Bonchev–Trinajstić information content (AvgIpc) is 2.81. The van der Waals surface area contributed by atoms with E-state index in [9.17, 15) is 4.79 Å². The van der Waals surface area contributed by atoms with Crippen molar-refractivity contribution >= 4 is 28.4 Å². The predicted molar refractivity (Wildman–Crippen MR) is 77.6 cm³/mol. The minimum Gasteiger partial charge on any atom is -0.360 e. The molecule has 0 radical (unpaired) electrons. The molecule has 2 aromatic rings. The Labute approximate surface area is 117 Å². The van der Waals surface area contributed by atoms with Gasteiger partial charge in [0, 0.05) is 28.7 Å². The zero-order chi connectivity index (χ0) is 13.2. The van der Waals surface area contributed by atoms with Gasteiger partial charge in [0.2, 0.25) is 0 Å². The maximum Gasteiger partial charge on any atom is 0.251 e. The number of carbonyl (C=O) groups is 1. The van der Waals surface area contributed by atoms with Crippen molar-refractivity contribution in [2.75, 3.05) is 0 Å². The summed E-state index contributed by atoms with van der Waals surface area (Å²) in [5.74, 6) is 0.0134. The number of aromatic nitrogens is 1. The molecule has 1 fully saturated rings. The van der Waals surface area contributed by atoms with E-state index in [2.05, 4.69) is 10.3 Å². The van der Waals surface area contributed by atoms with Gasteiger partial charge >= 0.3 is 0 Å². The molecule has 2 N–H and O–H groups in total. The molecule has 0 aliphatic heterocycles. The number of amides is 1. The number of aromatic amines is 1. The van der Waals surface area contributed by atoms with Gasteiger partial charge < -0.3 is 10.3 Å². The maximum atomic E-state index is 12.2. The van der Waals surface area contributed by atoms with Gasteiger partial charge in [-0.25, -0.2) is 0 Å². The first kappa shape index (κ1) is 12.5. The van der Waals surface area contributed by atoms with E-state index in [0.717, 1.165) is 23.7 Å². The first-order valence-electron chi connectivity index (χ1n) is 6.81. The fraction of sp³-hybridized carbons (Fsp3) is 0.400. The van der Waals surface area contributed by atoms with Crippen LogP contribution in [0.25, 0.3) is 10.9 Å². The third kappa shape index (κ3) is 2.61. The van der Waals surface area contributed by atoms with Crippen molar-refractivity contribution in [3.05, 3.63) is 35.0 Å². The molecule has 0 saturated heterocycles. The fourth-order valence-corrected chi connectivity index (χ4v) is 2.97. The summed E-state index contributed by atoms with van der Waals surface area (Å²) in [6, 6.07) is 5.92. The second-order valence-electron chi connectivity index (χ2n) is 5.21. The highest BCUT2D eigenvalue weighted by molar-refractivity contribution is 6.35. The average molecular weight is 277 g/mol. The Morgan fingerprint density at radius 3 is 2.84 bits per heavy atom. The molecule has 1 amide bonds. The van der Waals surface area contributed by atoms with Gasteiger partial charge in [-0.3, -0.25) is 4.79 Å². The van der Waals surface area contributed by atoms with Gasteiger partial charge in [0.05, 0.1) is 5.02 Å². The van der Waals surface area contributed by atoms with Crippen molar-refractivity contribution in [3.63, 3.8) is 0 Å². The van der Waals surface area contributed by atoms with Gasteiger partial charge in [-0.15, -0.1) is 0 Å². The van der Waals surface area contributed by atoms with Crippen LogP contribution in [-0.4, -0.2) is 16.9 Å². The lowest BCUT2D eigenvalue weighted by Crippen LogP contribution is -2.36. The number of hydrogen-bond acceptors (Lipinski definition) is 1. The van der Waals surface area contributed by atoms with Crippen LogP contribution in [0.3, 0.4) is 0 Å². The summed E-state index contributed by atoms with van der Waals surface area (Å²) in [6.45, 7) is 0. The molecule has 3 rings (SSSR count). The smallest absolute Gasteiger partial charge is 0.251 e. The minimum atomic E-state index is 0.0134. The highest BCUT2D eigenvalue weighted by Crippen LogP contribution is 2.24. The van der Waals surface area contributed by atoms with Crippen molar-refractivity contribution in [2.24, 2.45) is 0 Å². The number of hydrogen-bond donors (Lipinski definition) is 2. The first-order valence-corrected chi connectivity index (χ1v) is 7.19. The molecule has 1 heterocycles. The number of H-pyrrole nitrogens is 1. The van der Waals surface area contributed by atoms with Gasteiger partial charge in [0.25, 0.3) is 5.91 Å². The summed E-state index contributed by atoms with van der Waals surface area (Å²) < 4.78 is 0. The van der Waals surface area contributed by atoms with E-state index in [1.807, 2.05) is 18.2 Å².